The Morgan fingerprint density at radius 2 is 2.16 bits per heavy atom. The first kappa shape index (κ1) is 15.2. The Morgan fingerprint density at radius 1 is 1.42 bits per heavy atom. The van der Waals surface area contributed by atoms with Crippen molar-refractivity contribution in [3.05, 3.63) is 22.6 Å². The number of nitrogens with zero attached hydrogens (tertiary/aromatic N) is 3. The lowest BCUT2D eigenvalue weighted by molar-refractivity contribution is -0.137. The van der Waals surface area contributed by atoms with Gasteiger partial charge < -0.3 is 10.0 Å². The van der Waals surface area contributed by atoms with Crippen LogP contribution in [0.15, 0.2) is 17.1 Å². The van der Waals surface area contributed by atoms with Crippen molar-refractivity contribution >= 4 is 11.7 Å². The molecule has 0 spiro atoms. The van der Waals surface area contributed by atoms with Gasteiger partial charge in [-0.2, -0.15) is 5.10 Å². The van der Waals surface area contributed by atoms with Crippen molar-refractivity contribution < 1.29 is 9.90 Å². The van der Waals surface area contributed by atoms with Gasteiger partial charge in [0.15, 0.2) is 0 Å². The van der Waals surface area contributed by atoms with Gasteiger partial charge in [0.1, 0.15) is 0 Å². The van der Waals surface area contributed by atoms with Gasteiger partial charge in [-0.1, -0.05) is 6.42 Å². The van der Waals surface area contributed by atoms with E-state index >= 15 is 0 Å². The largest absolute Gasteiger partial charge is 0.481 e. The number of unbranched alkanes of at least 4 members (excludes halogenated alkanes) is 2. The number of aryl methyl sites for hydroxylation is 1. The van der Waals surface area contributed by atoms with Gasteiger partial charge in [0.05, 0.1) is 11.9 Å². The predicted molar refractivity (Wildman–Crippen MR) is 73.5 cm³/mol. The van der Waals surface area contributed by atoms with Crippen molar-refractivity contribution in [2.45, 2.75) is 39.2 Å². The molecule has 0 amide bonds. The van der Waals surface area contributed by atoms with E-state index in [4.69, 9.17) is 5.11 Å². The Balaban J connectivity index is 2.47. The number of rotatable bonds is 8. The topological polar surface area (TPSA) is 75.4 Å². The number of carboxylic acid groups (broad SMARTS) is 1. The van der Waals surface area contributed by atoms with Crippen molar-refractivity contribution in [2.24, 2.45) is 0 Å². The summed E-state index contributed by atoms with van der Waals surface area (Å²) in [7, 11) is 1.91. The normalized spacial score (nSPS) is 10.4. The molecule has 0 aliphatic rings. The molecular formula is C13H21N3O3. The zero-order chi connectivity index (χ0) is 14.3. The smallest absolute Gasteiger partial charge is 0.303 e. The third-order valence-electron chi connectivity index (χ3n) is 3.03. The molecule has 6 heteroatoms. The zero-order valence-electron chi connectivity index (χ0n) is 11.5. The second-order valence-corrected chi connectivity index (χ2v) is 4.49. The second kappa shape index (κ2) is 7.56. The Morgan fingerprint density at radius 3 is 2.74 bits per heavy atom. The monoisotopic (exact) mass is 267 g/mol. The molecule has 0 radical (unpaired) electrons. The highest BCUT2D eigenvalue weighted by molar-refractivity contribution is 5.66. The Labute approximate surface area is 112 Å². The average Bonchev–Trinajstić information content (AvgIpc) is 2.38. The highest BCUT2D eigenvalue weighted by Gasteiger charge is 2.03. The van der Waals surface area contributed by atoms with Crippen LogP contribution in [0.2, 0.25) is 0 Å². The molecule has 0 fully saturated rings. The van der Waals surface area contributed by atoms with Crippen LogP contribution in [0, 0.1) is 0 Å². The van der Waals surface area contributed by atoms with Gasteiger partial charge in [-0.15, -0.1) is 0 Å². The summed E-state index contributed by atoms with van der Waals surface area (Å²) in [5.74, 6) is -0.776. The molecule has 0 unspecified atom stereocenters. The first-order valence-corrected chi connectivity index (χ1v) is 6.54. The quantitative estimate of drug-likeness (QED) is 0.719. The number of hydrogen-bond donors (Lipinski definition) is 1. The summed E-state index contributed by atoms with van der Waals surface area (Å²) in [6.45, 7) is 3.36. The first-order valence-electron chi connectivity index (χ1n) is 6.54. The molecule has 1 aromatic rings. The number of carboxylic acids is 1. The van der Waals surface area contributed by atoms with Gasteiger partial charge in [-0.3, -0.25) is 9.59 Å². The lowest BCUT2D eigenvalue weighted by Crippen LogP contribution is -2.25. The van der Waals surface area contributed by atoms with Crippen molar-refractivity contribution in [1.82, 2.24) is 9.78 Å². The minimum atomic E-state index is -0.776. The third-order valence-corrected chi connectivity index (χ3v) is 3.03. The van der Waals surface area contributed by atoms with E-state index in [2.05, 4.69) is 5.10 Å². The third kappa shape index (κ3) is 5.11. The molecular weight excluding hydrogens is 246 g/mol. The standard InChI is InChI=1S/C13H21N3O3/c1-3-15(2)11-9-12(17)16(14-10-11)8-6-4-5-7-13(18)19/h9-10H,3-8H2,1-2H3,(H,18,19). The summed E-state index contributed by atoms with van der Waals surface area (Å²) < 4.78 is 1.42. The van der Waals surface area contributed by atoms with Gasteiger partial charge in [-0.25, -0.2) is 4.68 Å². The number of carbonyl (C=O) groups is 1. The van der Waals surface area contributed by atoms with Crippen LogP contribution in [-0.2, 0) is 11.3 Å². The summed E-state index contributed by atoms with van der Waals surface area (Å²) in [6, 6.07) is 1.58. The van der Waals surface area contributed by atoms with Gasteiger partial charge in [-0.05, 0) is 19.8 Å². The molecule has 1 heterocycles. The van der Waals surface area contributed by atoms with Crippen LogP contribution in [0.25, 0.3) is 0 Å². The molecule has 0 saturated heterocycles. The molecule has 0 aliphatic carbocycles. The molecule has 6 nitrogen and oxygen atoms in total. The van der Waals surface area contributed by atoms with E-state index < -0.39 is 5.97 Å². The van der Waals surface area contributed by atoms with Crippen LogP contribution in [0.3, 0.4) is 0 Å². The van der Waals surface area contributed by atoms with Crippen molar-refractivity contribution in [3.8, 4) is 0 Å². The van der Waals surface area contributed by atoms with E-state index in [-0.39, 0.29) is 12.0 Å². The molecule has 0 bridgehead atoms. The molecule has 1 aromatic heterocycles. The summed E-state index contributed by atoms with van der Waals surface area (Å²) in [6.07, 6.45) is 4.06. The van der Waals surface area contributed by atoms with Crippen molar-refractivity contribution in [2.75, 3.05) is 18.5 Å². The fourth-order valence-electron chi connectivity index (χ4n) is 1.70. The molecule has 106 valence electrons. The van der Waals surface area contributed by atoms with E-state index in [1.165, 1.54) is 4.68 Å². The fourth-order valence-corrected chi connectivity index (χ4v) is 1.70. The molecule has 1 rings (SSSR count). The van der Waals surface area contributed by atoms with E-state index in [0.717, 1.165) is 25.1 Å². The Bertz CT molecular complexity index is 470. The maximum atomic E-state index is 11.8. The average molecular weight is 267 g/mol. The van der Waals surface area contributed by atoms with Crippen molar-refractivity contribution in [3.63, 3.8) is 0 Å². The summed E-state index contributed by atoms with van der Waals surface area (Å²) >= 11 is 0. The molecule has 0 saturated carbocycles. The SMILES string of the molecule is CCN(C)c1cnn(CCCCCC(=O)O)c(=O)c1. The van der Waals surface area contributed by atoms with Crippen LogP contribution >= 0.6 is 0 Å². The Kier molecular flexibility index (Phi) is 6.05. The Hall–Kier alpha value is -1.85. The fraction of sp³-hybridized carbons (Fsp3) is 0.615. The summed E-state index contributed by atoms with van der Waals surface area (Å²) in [5.41, 5.74) is 0.700. The lowest BCUT2D eigenvalue weighted by atomic mass is 10.2. The van der Waals surface area contributed by atoms with E-state index in [1.54, 1.807) is 12.3 Å². The second-order valence-electron chi connectivity index (χ2n) is 4.49. The minimum Gasteiger partial charge on any atom is -0.481 e. The van der Waals surface area contributed by atoms with Gasteiger partial charge in [0.2, 0.25) is 0 Å². The molecule has 19 heavy (non-hydrogen) atoms. The van der Waals surface area contributed by atoms with Gasteiger partial charge in [0.25, 0.3) is 5.56 Å². The summed E-state index contributed by atoms with van der Waals surface area (Å²) in [5, 5.41) is 12.6. The van der Waals surface area contributed by atoms with Crippen LogP contribution in [0.5, 0.6) is 0 Å². The van der Waals surface area contributed by atoms with E-state index in [9.17, 15) is 9.59 Å². The number of aromatic nitrogens is 2. The number of aliphatic carboxylic acids is 1. The molecule has 1 N–H and O–H groups in total. The predicted octanol–water partition coefficient (Wildman–Crippen LogP) is 1.34. The van der Waals surface area contributed by atoms with E-state index in [0.29, 0.717) is 13.0 Å². The van der Waals surface area contributed by atoms with Crippen LogP contribution < -0.4 is 10.5 Å². The van der Waals surface area contributed by atoms with Crippen molar-refractivity contribution in [1.29, 1.82) is 0 Å². The van der Waals surface area contributed by atoms with Gasteiger partial charge >= 0.3 is 5.97 Å². The highest BCUT2D eigenvalue weighted by Crippen LogP contribution is 2.06. The number of hydrogen-bond acceptors (Lipinski definition) is 4. The van der Waals surface area contributed by atoms with Crippen LogP contribution in [-0.4, -0.2) is 34.4 Å². The molecule has 0 aromatic carbocycles. The maximum Gasteiger partial charge on any atom is 0.303 e. The van der Waals surface area contributed by atoms with Crippen LogP contribution in [0.4, 0.5) is 5.69 Å². The zero-order valence-corrected chi connectivity index (χ0v) is 11.5. The minimum absolute atomic E-state index is 0.115. The molecule has 0 aliphatic heterocycles. The lowest BCUT2D eigenvalue weighted by Gasteiger charge is -2.16. The van der Waals surface area contributed by atoms with E-state index in [1.807, 2.05) is 18.9 Å². The molecule has 0 atom stereocenters. The van der Waals surface area contributed by atoms with Gasteiger partial charge in [0, 0.05) is 32.6 Å². The number of anilines is 1. The highest BCUT2D eigenvalue weighted by atomic mass is 16.4. The first-order chi connectivity index (χ1) is 9.04. The van der Waals surface area contributed by atoms with Crippen LogP contribution in [0.1, 0.15) is 32.6 Å². The summed E-state index contributed by atoms with van der Waals surface area (Å²) in [4.78, 5) is 24.1. The maximum absolute atomic E-state index is 11.8.